The summed E-state index contributed by atoms with van der Waals surface area (Å²) in [4.78, 5) is 73.0. The third-order valence-corrected chi connectivity index (χ3v) is 15.0. The van der Waals surface area contributed by atoms with Crippen molar-refractivity contribution in [2.75, 3.05) is 13.7 Å². The Morgan fingerprint density at radius 1 is 1.03 bits per heavy atom. The lowest BCUT2D eigenvalue weighted by Crippen LogP contribution is -2.59. The summed E-state index contributed by atoms with van der Waals surface area (Å²) in [7, 11) is -2.34. The quantitative estimate of drug-likeness (QED) is 0.164. The molecule has 3 aliphatic carbocycles. The summed E-state index contributed by atoms with van der Waals surface area (Å²) in [6.07, 6.45) is 12.4. The molecule has 6 atom stereocenters. The molecule has 5 heterocycles. The van der Waals surface area contributed by atoms with Gasteiger partial charge in [0.1, 0.15) is 40.2 Å². The molecule has 0 radical (unpaired) electrons. The molecule has 322 valence electrons. The second kappa shape index (κ2) is 18.1. The van der Waals surface area contributed by atoms with E-state index in [-0.39, 0.29) is 24.8 Å². The average Bonchev–Trinajstić information content (AvgIpc) is 4.03. The molecule has 4 fully saturated rings. The lowest BCUT2D eigenvalue weighted by Gasteiger charge is -2.34. The number of rotatable bonds is 12. The van der Waals surface area contributed by atoms with Crippen LogP contribution in [0, 0.1) is 5.92 Å². The number of aromatic nitrogens is 3. The highest BCUT2D eigenvalue weighted by molar-refractivity contribution is 7.91. The molecule has 0 aromatic carbocycles. The number of ether oxygens (including phenoxy) is 3. The lowest BCUT2D eigenvalue weighted by atomic mass is 10.0. The number of hydrogen-bond donors (Lipinski definition) is 3. The number of hydrogen-bond acceptors (Lipinski definition) is 13. The van der Waals surface area contributed by atoms with E-state index in [1.807, 2.05) is 29.7 Å². The molecule has 8 rings (SSSR count). The molecule has 18 heteroatoms. The van der Waals surface area contributed by atoms with Crippen LogP contribution in [0.5, 0.6) is 5.88 Å². The van der Waals surface area contributed by atoms with E-state index in [0.717, 1.165) is 38.5 Å². The van der Waals surface area contributed by atoms with Crippen LogP contribution in [0.3, 0.4) is 0 Å². The van der Waals surface area contributed by atoms with E-state index in [1.165, 1.54) is 16.2 Å². The van der Waals surface area contributed by atoms with Crippen molar-refractivity contribution in [1.82, 2.24) is 35.2 Å². The van der Waals surface area contributed by atoms with Gasteiger partial charge in [-0.05, 0) is 101 Å². The minimum Gasteiger partial charge on any atom is -0.471 e. The Bertz CT molecular complexity index is 2190. The molecule has 4 unspecified atom stereocenters. The Morgan fingerprint density at radius 3 is 2.62 bits per heavy atom. The molecule has 60 heavy (non-hydrogen) atoms. The number of carbonyl (C=O) groups excluding carboxylic acids is 4. The van der Waals surface area contributed by atoms with Crippen LogP contribution in [-0.2, 0) is 33.9 Å². The van der Waals surface area contributed by atoms with Crippen molar-refractivity contribution in [3.8, 4) is 17.4 Å². The third-order valence-electron chi connectivity index (χ3n) is 12.3. The maximum atomic E-state index is 15.2. The first-order chi connectivity index (χ1) is 29.1. The summed E-state index contributed by atoms with van der Waals surface area (Å²) >= 11 is 1.40. The molecule has 4 amide bonds. The smallest absolute Gasteiger partial charge is 0.408 e. The largest absolute Gasteiger partial charge is 0.471 e. The summed E-state index contributed by atoms with van der Waals surface area (Å²) in [5.74, 6) is -1.72. The Labute approximate surface area is 353 Å². The molecule has 0 bridgehead atoms. The summed E-state index contributed by atoms with van der Waals surface area (Å²) in [5, 5.41) is 7.08. The zero-order chi connectivity index (χ0) is 41.9. The molecule has 16 nitrogen and oxygen atoms in total. The predicted molar refractivity (Wildman–Crippen MR) is 222 cm³/mol. The minimum atomic E-state index is -3.93. The number of nitrogens with zero attached hydrogens (tertiary/aromatic N) is 4. The number of carbonyl (C=O) groups is 4. The first kappa shape index (κ1) is 42.0. The van der Waals surface area contributed by atoms with Crippen LogP contribution in [0.15, 0.2) is 48.0 Å². The van der Waals surface area contributed by atoms with Gasteiger partial charge in [-0.25, -0.2) is 18.2 Å². The normalized spacial score (nSPS) is 28.1. The van der Waals surface area contributed by atoms with Crippen molar-refractivity contribution < 1.29 is 41.8 Å². The molecular weight excluding hydrogens is 811 g/mol. The number of allylic oxidation sites excluding steroid dienone is 1. The second-order valence-corrected chi connectivity index (χ2v) is 19.5. The number of amides is 4. The fourth-order valence-corrected chi connectivity index (χ4v) is 10.9. The van der Waals surface area contributed by atoms with Gasteiger partial charge in [-0.15, -0.1) is 11.3 Å². The van der Waals surface area contributed by atoms with Crippen LogP contribution < -0.4 is 20.1 Å². The zero-order valence-corrected chi connectivity index (χ0v) is 35.4. The highest BCUT2D eigenvalue weighted by Gasteiger charge is 2.62. The first-order valence-electron chi connectivity index (χ1n) is 21.2. The van der Waals surface area contributed by atoms with Crippen molar-refractivity contribution >= 4 is 55.4 Å². The van der Waals surface area contributed by atoms with Gasteiger partial charge >= 0.3 is 6.09 Å². The van der Waals surface area contributed by atoms with E-state index in [4.69, 9.17) is 24.2 Å². The van der Waals surface area contributed by atoms with Crippen molar-refractivity contribution in [1.29, 1.82) is 0 Å². The third kappa shape index (κ3) is 9.29. The monoisotopic (exact) mass is 863 g/mol. The highest BCUT2D eigenvalue weighted by Crippen LogP contribution is 2.46. The summed E-state index contributed by atoms with van der Waals surface area (Å²) in [5.41, 5.74) is -0.347. The Balaban J connectivity index is 1.16. The zero-order valence-electron chi connectivity index (χ0n) is 33.8. The molecule has 2 aliphatic heterocycles. The number of pyridine rings is 1. The van der Waals surface area contributed by atoms with Gasteiger partial charge in [0.2, 0.25) is 27.7 Å². The Hall–Kier alpha value is -4.68. The molecular formula is C42H53N7O9S2. The number of fused-ring (bicyclic) bond motifs is 3. The van der Waals surface area contributed by atoms with Crippen LogP contribution in [0.25, 0.3) is 21.7 Å². The molecule has 1 saturated heterocycles. The number of alkyl carbamates (subject to hydrolysis) is 1. The van der Waals surface area contributed by atoms with Crippen LogP contribution in [0.2, 0.25) is 0 Å². The van der Waals surface area contributed by atoms with Crippen LogP contribution in [0.1, 0.15) is 96.3 Å². The van der Waals surface area contributed by atoms with E-state index in [1.54, 1.807) is 25.4 Å². The van der Waals surface area contributed by atoms with Crippen LogP contribution in [0.4, 0.5) is 4.79 Å². The van der Waals surface area contributed by atoms with E-state index < -0.39 is 74.8 Å². The van der Waals surface area contributed by atoms with Gasteiger partial charge in [-0.3, -0.25) is 24.1 Å². The van der Waals surface area contributed by atoms with E-state index in [0.29, 0.717) is 73.3 Å². The standard InChI is InChI=1S/C42H53N7O9S2/c1-56-22-11-17-32-34(58-38-35-29(20-23-59-35)44-36(46-38)30-15-9-10-21-43-30)24-33-37(50)47-42(40(52)48-60(54,55)28-18-19-28)25-26(42)12-5-3-2-4-6-16-31(39(51)49(32)33)45-41(53)57-27-13-7-8-14-27/h5,9-10,12,15,20-21,23,26-28,31-34H,2-4,6-8,11,13-14,16-19,22,24-25H2,1H3,(H,45,53)(H,47,50)(H,48,52)/b12-5-/t26?,31?,32-,33?,34+,42?/m0/s1. The van der Waals surface area contributed by atoms with Crippen molar-refractivity contribution in [2.45, 2.75) is 137 Å². The predicted octanol–water partition coefficient (Wildman–Crippen LogP) is 4.94. The van der Waals surface area contributed by atoms with Crippen molar-refractivity contribution in [2.24, 2.45) is 5.92 Å². The van der Waals surface area contributed by atoms with E-state index in [2.05, 4.69) is 20.3 Å². The van der Waals surface area contributed by atoms with Gasteiger partial charge in [0, 0.05) is 32.3 Å². The molecule has 5 aliphatic rings. The van der Waals surface area contributed by atoms with Gasteiger partial charge in [-0.2, -0.15) is 4.98 Å². The lowest BCUT2D eigenvalue weighted by molar-refractivity contribution is -0.143. The Kier molecular flexibility index (Phi) is 12.7. The van der Waals surface area contributed by atoms with Crippen LogP contribution >= 0.6 is 11.3 Å². The number of sulfonamides is 1. The maximum Gasteiger partial charge on any atom is 0.408 e. The SMILES string of the molecule is COCCC[C@H]1[C@H](Oc2nc(-c3ccccn3)nc3ccsc23)CC2C(=O)NC3(C(=O)NS(=O)(=O)C4CC4)CC3/C=C\CCCCCC(NC(=O)OC3CCCC3)C(=O)N21. The molecule has 3 saturated carbocycles. The average molecular weight is 864 g/mol. The van der Waals surface area contributed by atoms with Gasteiger partial charge in [0.05, 0.1) is 16.8 Å². The molecule has 3 aromatic rings. The van der Waals surface area contributed by atoms with Gasteiger partial charge < -0.3 is 29.7 Å². The van der Waals surface area contributed by atoms with Gasteiger partial charge in [0.25, 0.3) is 5.91 Å². The maximum absolute atomic E-state index is 15.2. The van der Waals surface area contributed by atoms with E-state index >= 15 is 4.79 Å². The second-order valence-electron chi connectivity index (χ2n) is 16.6. The molecule has 3 aromatic heterocycles. The van der Waals surface area contributed by atoms with E-state index in [9.17, 15) is 22.8 Å². The molecule has 0 spiro atoms. The summed E-state index contributed by atoms with van der Waals surface area (Å²) in [6, 6.07) is 4.41. The Morgan fingerprint density at radius 2 is 1.85 bits per heavy atom. The minimum absolute atomic E-state index is 0.0167. The summed E-state index contributed by atoms with van der Waals surface area (Å²) < 4.78 is 47.0. The fourth-order valence-electron chi connectivity index (χ4n) is 8.80. The van der Waals surface area contributed by atoms with Crippen molar-refractivity contribution in [3.63, 3.8) is 0 Å². The van der Waals surface area contributed by atoms with Gasteiger partial charge in [0.15, 0.2) is 5.82 Å². The number of nitrogens with one attached hydrogen (secondary N) is 3. The first-order valence-corrected chi connectivity index (χ1v) is 23.6. The molecule has 3 N–H and O–H groups in total. The van der Waals surface area contributed by atoms with Crippen LogP contribution in [-0.4, -0.2) is 107 Å². The highest BCUT2D eigenvalue weighted by atomic mass is 32.2. The fraction of sp³-hybridized carbons (Fsp3) is 0.595. The topological polar surface area (TPSA) is 208 Å². The van der Waals surface area contributed by atoms with Gasteiger partial charge in [-0.1, -0.05) is 31.1 Å². The number of thiophene rings is 1. The van der Waals surface area contributed by atoms with Crippen molar-refractivity contribution in [3.05, 3.63) is 48.0 Å². The summed E-state index contributed by atoms with van der Waals surface area (Å²) in [6.45, 7) is 0.372. The number of methoxy groups -OCH3 is 1.